The number of piperidine rings is 1. The van der Waals surface area contributed by atoms with E-state index < -0.39 is 0 Å². The van der Waals surface area contributed by atoms with Crippen LogP contribution in [0.3, 0.4) is 0 Å². The normalized spacial score (nSPS) is 19.1. The Morgan fingerprint density at radius 1 is 1.11 bits per heavy atom. The molecule has 0 amide bonds. The summed E-state index contributed by atoms with van der Waals surface area (Å²) >= 11 is 0. The van der Waals surface area contributed by atoms with Crippen molar-refractivity contribution in [1.29, 1.82) is 0 Å². The van der Waals surface area contributed by atoms with Crippen LogP contribution >= 0.6 is 0 Å². The van der Waals surface area contributed by atoms with Crippen molar-refractivity contribution in [3.8, 4) is 0 Å². The number of rotatable bonds is 6. The smallest absolute Gasteiger partial charge is 0.191 e. The van der Waals surface area contributed by atoms with Gasteiger partial charge < -0.3 is 20.4 Å². The fourth-order valence-corrected chi connectivity index (χ4v) is 3.74. The van der Waals surface area contributed by atoms with Crippen molar-refractivity contribution in [3.05, 3.63) is 42.0 Å². The van der Waals surface area contributed by atoms with Crippen LogP contribution in [0, 0.1) is 0 Å². The van der Waals surface area contributed by atoms with E-state index in [0.717, 1.165) is 25.6 Å². The van der Waals surface area contributed by atoms with E-state index >= 15 is 0 Å². The van der Waals surface area contributed by atoms with Gasteiger partial charge in [0.2, 0.25) is 0 Å². The lowest BCUT2D eigenvalue weighted by atomic mass is 10.0. The quantitative estimate of drug-likeness (QED) is 0.460. The van der Waals surface area contributed by atoms with Gasteiger partial charge in [0.1, 0.15) is 0 Å². The topological polar surface area (TPSA) is 42.9 Å². The van der Waals surface area contributed by atoms with Gasteiger partial charge >= 0.3 is 0 Å². The third kappa shape index (κ3) is 5.73. The second kappa shape index (κ2) is 9.79. The SMILES string of the molecule is CCNC(=NCc1ccc(N2CC=CC2)cc1)NC1CCN(C(C)C)CC1. The molecule has 148 valence electrons. The minimum Gasteiger partial charge on any atom is -0.364 e. The van der Waals surface area contributed by atoms with Crippen molar-refractivity contribution in [2.45, 2.75) is 52.2 Å². The molecule has 1 fully saturated rings. The first-order valence-electron chi connectivity index (χ1n) is 10.4. The van der Waals surface area contributed by atoms with Crippen molar-refractivity contribution in [1.82, 2.24) is 15.5 Å². The van der Waals surface area contributed by atoms with Crippen LogP contribution < -0.4 is 15.5 Å². The molecule has 2 heterocycles. The molecule has 0 radical (unpaired) electrons. The number of guanidine groups is 1. The van der Waals surface area contributed by atoms with E-state index in [2.05, 4.69) is 77.6 Å². The second-order valence-corrected chi connectivity index (χ2v) is 7.79. The number of likely N-dealkylation sites (tertiary alicyclic amines) is 1. The summed E-state index contributed by atoms with van der Waals surface area (Å²) in [6.45, 7) is 12.6. The summed E-state index contributed by atoms with van der Waals surface area (Å²) in [6, 6.07) is 9.97. The van der Waals surface area contributed by atoms with Gasteiger partial charge in [-0.25, -0.2) is 4.99 Å². The monoisotopic (exact) mass is 369 g/mol. The zero-order valence-electron chi connectivity index (χ0n) is 17.1. The van der Waals surface area contributed by atoms with Gasteiger partial charge in [-0.05, 0) is 51.3 Å². The van der Waals surface area contributed by atoms with E-state index in [1.54, 1.807) is 0 Å². The van der Waals surface area contributed by atoms with E-state index in [4.69, 9.17) is 4.99 Å². The van der Waals surface area contributed by atoms with Crippen LogP contribution in [0.2, 0.25) is 0 Å². The molecule has 5 heteroatoms. The maximum atomic E-state index is 4.81. The summed E-state index contributed by atoms with van der Waals surface area (Å²) in [5.41, 5.74) is 2.53. The molecule has 2 N–H and O–H groups in total. The molecule has 0 aliphatic carbocycles. The lowest BCUT2D eigenvalue weighted by Gasteiger charge is -2.35. The molecule has 0 saturated carbocycles. The maximum absolute atomic E-state index is 4.81. The number of anilines is 1. The number of hydrogen-bond donors (Lipinski definition) is 2. The summed E-state index contributed by atoms with van der Waals surface area (Å²) < 4.78 is 0. The molecule has 1 aromatic carbocycles. The Morgan fingerprint density at radius 3 is 2.37 bits per heavy atom. The molecule has 0 spiro atoms. The Kier molecular flexibility index (Phi) is 7.16. The van der Waals surface area contributed by atoms with Crippen molar-refractivity contribution >= 4 is 11.6 Å². The van der Waals surface area contributed by atoms with Crippen molar-refractivity contribution in [2.24, 2.45) is 4.99 Å². The number of benzene rings is 1. The Morgan fingerprint density at radius 2 is 1.78 bits per heavy atom. The van der Waals surface area contributed by atoms with Crippen LogP contribution in [0.15, 0.2) is 41.4 Å². The van der Waals surface area contributed by atoms with Gasteiger partial charge in [-0.2, -0.15) is 0 Å². The Balaban J connectivity index is 1.52. The molecule has 0 unspecified atom stereocenters. The molecule has 3 rings (SSSR count). The average Bonchev–Trinajstić information content (AvgIpc) is 3.22. The number of nitrogens with one attached hydrogen (secondary N) is 2. The summed E-state index contributed by atoms with van der Waals surface area (Å²) in [5, 5.41) is 7.04. The lowest BCUT2D eigenvalue weighted by molar-refractivity contribution is 0.167. The maximum Gasteiger partial charge on any atom is 0.191 e. The van der Waals surface area contributed by atoms with Gasteiger partial charge in [0.25, 0.3) is 0 Å². The first kappa shape index (κ1) is 19.7. The van der Waals surface area contributed by atoms with Gasteiger partial charge in [0.15, 0.2) is 5.96 Å². The van der Waals surface area contributed by atoms with E-state index in [-0.39, 0.29) is 0 Å². The molecule has 2 aliphatic rings. The number of hydrogen-bond acceptors (Lipinski definition) is 3. The highest BCUT2D eigenvalue weighted by Gasteiger charge is 2.21. The third-order valence-corrected chi connectivity index (χ3v) is 5.48. The van der Waals surface area contributed by atoms with Gasteiger partial charge in [-0.15, -0.1) is 0 Å². The highest BCUT2D eigenvalue weighted by atomic mass is 15.2. The molecule has 0 bridgehead atoms. The van der Waals surface area contributed by atoms with E-state index in [1.165, 1.54) is 37.2 Å². The van der Waals surface area contributed by atoms with Crippen molar-refractivity contribution in [3.63, 3.8) is 0 Å². The van der Waals surface area contributed by atoms with Crippen molar-refractivity contribution < 1.29 is 0 Å². The summed E-state index contributed by atoms with van der Waals surface area (Å²) in [6.07, 6.45) is 6.80. The fourth-order valence-electron chi connectivity index (χ4n) is 3.74. The van der Waals surface area contributed by atoms with Crippen LogP contribution in [0.5, 0.6) is 0 Å². The molecule has 2 aliphatic heterocycles. The lowest BCUT2D eigenvalue weighted by Crippen LogP contribution is -2.49. The highest BCUT2D eigenvalue weighted by Crippen LogP contribution is 2.18. The Bertz CT molecular complexity index is 619. The molecule has 0 atom stereocenters. The highest BCUT2D eigenvalue weighted by molar-refractivity contribution is 5.80. The Labute approximate surface area is 164 Å². The fraction of sp³-hybridized carbons (Fsp3) is 0.591. The summed E-state index contributed by atoms with van der Waals surface area (Å²) in [5.74, 6) is 0.938. The molecule has 1 aromatic rings. The summed E-state index contributed by atoms with van der Waals surface area (Å²) in [4.78, 5) is 9.73. The first-order chi connectivity index (χ1) is 13.2. The molecule has 0 aromatic heterocycles. The van der Waals surface area contributed by atoms with Crippen LogP contribution in [-0.4, -0.2) is 55.7 Å². The van der Waals surface area contributed by atoms with Gasteiger partial charge in [-0.3, -0.25) is 0 Å². The van der Waals surface area contributed by atoms with Crippen molar-refractivity contribution in [2.75, 3.05) is 37.6 Å². The minimum absolute atomic E-state index is 0.517. The van der Waals surface area contributed by atoms with E-state index in [1.807, 2.05) is 0 Å². The zero-order valence-corrected chi connectivity index (χ0v) is 17.1. The van der Waals surface area contributed by atoms with Crippen LogP contribution in [0.25, 0.3) is 0 Å². The predicted molar refractivity (Wildman–Crippen MR) is 115 cm³/mol. The molecule has 27 heavy (non-hydrogen) atoms. The second-order valence-electron chi connectivity index (χ2n) is 7.79. The van der Waals surface area contributed by atoms with Crippen LogP contribution in [0.1, 0.15) is 39.2 Å². The van der Waals surface area contributed by atoms with Gasteiger partial charge in [0, 0.05) is 50.5 Å². The Hall–Kier alpha value is -2.01. The molecular formula is C22H35N5. The van der Waals surface area contributed by atoms with Crippen LogP contribution in [0.4, 0.5) is 5.69 Å². The van der Waals surface area contributed by atoms with E-state index in [0.29, 0.717) is 18.6 Å². The number of aliphatic imine (C=N–C) groups is 1. The average molecular weight is 370 g/mol. The van der Waals surface area contributed by atoms with E-state index in [9.17, 15) is 0 Å². The minimum atomic E-state index is 0.517. The van der Waals surface area contributed by atoms with Gasteiger partial charge in [0.05, 0.1) is 6.54 Å². The standard InChI is InChI=1S/C22H35N5/c1-4-23-22(25-20-11-15-26(16-12-20)18(2)3)24-17-19-7-9-21(10-8-19)27-13-5-6-14-27/h5-10,18,20H,4,11-17H2,1-3H3,(H2,23,24,25). The molecular weight excluding hydrogens is 334 g/mol. The first-order valence-corrected chi connectivity index (χ1v) is 10.4. The van der Waals surface area contributed by atoms with Gasteiger partial charge in [-0.1, -0.05) is 24.3 Å². The number of nitrogens with zero attached hydrogens (tertiary/aromatic N) is 3. The molecule has 1 saturated heterocycles. The third-order valence-electron chi connectivity index (χ3n) is 5.48. The zero-order chi connectivity index (χ0) is 19.1. The van der Waals surface area contributed by atoms with Crippen LogP contribution in [-0.2, 0) is 6.54 Å². The largest absolute Gasteiger partial charge is 0.364 e. The predicted octanol–water partition coefficient (Wildman–Crippen LogP) is 2.99. The molecule has 5 nitrogen and oxygen atoms in total. The summed E-state index contributed by atoms with van der Waals surface area (Å²) in [7, 11) is 0.